The molecule has 160 valence electrons. The van der Waals surface area contributed by atoms with Gasteiger partial charge in [-0.15, -0.1) is 0 Å². The molecule has 0 aromatic heterocycles. The number of allylic oxidation sites excluding steroid dienone is 4. The van der Waals surface area contributed by atoms with E-state index in [4.69, 9.17) is 4.74 Å². The first kappa shape index (κ1) is 23.4. The van der Waals surface area contributed by atoms with E-state index in [0.717, 1.165) is 37.7 Å². The van der Waals surface area contributed by atoms with Gasteiger partial charge in [0, 0.05) is 0 Å². The highest BCUT2D eigenvalue weighted by atomic mass is 16.5. The summed E-state index contributed by atoms with van der Waals surface area (Å²) in [5.74, 6) is -0.0637. The van der Waals surface area contributed by atoms with Gasteiger partial charge in [-0.25, -0.2) is 0 Å². The summed E-state index contributed by atoms with van der Waals surface area (Å²) in [6.45, 7) is 16.1. The molecule has 0 amide bonds. The number of benzene rings is 1. The molecule has 0 saturated carbocycles. The molecule has 1 aromatic rings. The fraction of sp³-hybridized carbons (Fsp3) is 0.593. The number of carbonyl (C=O) groups excluding carboxylic acids is 1. The summed E-state index contributed by atoms with van der Waals surface area (Å²) >= 11 is 0. The number of esters is 1. The summed E-state index contributed by atoms with van der Waals surface area (Å²) in [6.07, 6.45) is 9.54. The second kappa shape index (κ2) is 9.32. The fourth-order valence-corrected chi connectivity index (χ4v) is 3.85. The van der Waals surface area contributed by atoms with Crippen LogP contribution in [0, 0.1) is 16.2 Å². The van der Waals surface area contributed by atoms with E-state index in [0.29, 0.717) is 6.61 Å². The maximum atomic E-state index is 12.9. The molecule has 0 fully saturated rings. The smallest absolute Gasteiger partial charge is 0.312 e. The van der Waals surface area contributed by atoms with Crippen LogP contribution in [0.4, 0.5) is 0 Å². The standard InChI is InChI=1S/C27H40O2/c1-21(25(2,3)4)13-11-17-26(5,6)23-16-12-18-27(7,19-23)24(28)29-20-22-14-9-8-10-15-22/h8-10,13-16H,11-12,17-20H2,1-7H3/b21-13+. The average molecular weight is 397 g/mol. The zero-order valence-corrected chi connectivity index (χ0v) is 19.6. The van der Waals surface area contributed by atoms with Gasteiger partial charge in [-0.05, 0) is 62.3 Å². The number of carbonyl (C=O) groups is 1. The minimum absolute atomic E-state index is 0.0637. The van der Waals surface area contributed by atoms with E-state index in [1.807, 2.05) is 30.3 Å². The molecule has 0 saturated heterocycles. The molecule has 2 heteroatoms. The molecule has 2 rings (SSSR count). The Bertz CT molecular complexity index is 746. The first-order valence-corrected chi connectivity index (χ1v) is 11.0. The molecule has 0 radical (unpaired) electrons. The Kier molecular flexibility index (Phi) is 7.54. The van der Waals surface area contributed by atoms with E-state index in [1.165, 1.54) is 11.1 Å². The SMILES string of the molecule is C/C(=C\CCC(C)(C)C1=CCCC(C)(C(=O)OCc2ccccc2)C1)C(C)(C)C. The van der Waals surface area contributed by atoms with Crippen molar-refractivity contribution in [1.29, 1.82) is 0 Å². The van der Waals surface area contributed by atoms with Gasteiger partial charge in [-0.1, -0.05) is 88.2 Å². The largest absolute Gasteiger partial charge is 0.460 e. The fourth-order valence-electron chi connectivity index (χ4n) is 3.85. The number of hydrogen-bond acceptors (Lipinski definition) is 2. The van der Waals surface area contributed by atoms with Gasteiger partial charge in [0.25, 0.3) is 0 Å². The van der Waals surface area contributed by atoms with E-state index in [9.17, 15) is 4.79 Å². The first-order chi connectivity index (χ1) is 13.4. The Hall–Kier alpha value is -1.83. The van der Waals surface area contributed by atoms with Crippen LogP contribution in [0.2, 0.25) is 0 Å². The molecule has 1 aliphatic rings. The summed E-state index contributed by atoms with van der Waals surface area (Å²) in [5, 5.41) is 0. The lowest BCUT2D eigenvalue weighted by atomic mass is 9.67. The molecule has 0 N–H and O–H groups in total. The molecule has 0 spiro atoms. The van der Waals surface area contributed by atoms with Gasteiger partial charge in [-0.2, -0.15) is 0 Å². The van der Waals surface area contributed by atoms with Crippen LogP contribution in [-0.2, 0) is 16.1 Å². The van der Waals surface area contributed by atoms with Gasteiger partial charge in [0.2, 0.25) is 0 Å². The van der Waals surface area contributed by atoms with Gasteiger partial charge in [-0.3, -0.25) is 4.79 Å². The molecule has 1 unspecified atom stereocenters. The Balaban J connectivity index is 1.98. The molecular formula is C27H40O2. The third-order valence-electron chi connectivity index (χ3n) is 6.65. The minimum atomic E-state index is -0.423. The average Bonchev–Trinajstić information content (AvgIpc) is 2.66. The van der Waals surface area contributed by atoms with E-state index in [1.54, 1.807) is 0 Å². The van der Waals surface area contributed by atoms with Crippen LogP contribution in [-0.4, -0.2) is 5.97 Å². The van der Waals surface area contributed by atoms with Crippen molar-refractivity contribution in [2.24, 2.45) is 16.2 Å². The van der Waals surface area contributed by atoms with Crippen molar-refractivity contribution in [3.05, 3.63) is 59.2 Å². The minimum Gasteiger partial charge on any atom is -0.460 e. The molecule has 0 bridgehead atoms. The zero-order chi connectivity index (χ0) is 21.7. The number of hydrogen-bond donors (Lipinski definition) is 0. The molecule has 0 aliphatic heterocycles. The normalized spacial score (nSPS) is 20.9. The van der Waals surface area contributed by atoms with Crippen molar-refractivity contribution in [2.75, 3.05) is 0 Å². The van der Waals surface area contributed by atoms with Crippen LogP contribution in [0.3, 0.4) is 0 Å². The summed E-state index contributed by atoms with van der Waals surface area (Å²) in [5.41, 5.74) is 3.79. The van der Waals surface area contributed by atoms with Crippen molar-refractivity contribution in [1.82, 2.24) is 0 Å². The molecule has 0 heterocycles. The first-order valence-electron chi connectivity index (χ1n) is 11.0. The van der Waals surface area contributed by atoms with E-state index in [-0.39, 0.29) is 16.8 Å². The third kappa shape index (κ3) is 6.59. The highest BCUT2D eigenvalue weighted by molar-refractivity contribution is 5.77. The van der Waals surface area contributed by atoms with Gasteiger partial charge >= 0.3 is 5.97 Å². The van der Waals surface area contributed by atoms with Crippen LogP contribution in [0.1, 0.15) is 86.1 Å². The highest BCUT2D eigenvalue weighted by Crippen LogP contribution is 2.45. The predicted octanol–water partition coefficient (Wildman–Crippen LogP) is 7.65. The summed E-state index contributed by atoms with van der Waals surface area (Å²) in [6, 6.07) is 9.93. The van der Waals surface area contributed by atoms with E-state index in [2.05, 4.69) is 60.6 Å². The molecular weight excluding hydrogens is 356 g/mol. The Morgan fingerprint density at radius 2 is 1.79 bits per heavy atom. The molecule has 2 nitrogen and oxygen atoms in total. The molecule has 29 heavy (non-hydrogen) atoms. The summed E-state index contributed by atoms with van der Waals surface area (Å²) < 4.78 is 5.71. The van der Waals surface area contributed by atoms with Crippen molar-refractivity contribution in [3.8, 4) is 0 Å². The monoisotopic (exact) mass is 396 g/mol. The van der Waals surface area contributed by atoms with Gasteiger partial charge < -0.3 is 4.74 Å². The van der Waals surface area contributed by atoms with E-state index < -0.39 is 5.41 Å². The third-order valence-corrected chi connectivity index (χ3v) is 6.65. The van der Waals surface area contributed by atoms with Gasteiger partial charge in [0.05, 0.1) is 5.41 Å². The van der Waals surface area contributed by atoms with Crippen LogP contribution in [0.25, 0.3) is 0 Å². The summed E-state index contributed by atoms with van der Waals surface area (Å²) in [4.78, 5) is 12.9. The van der Waals surface area contributed by atoms with E-state index >= 15 is 0 Å². The predicted molar refractivity (Wildman–Crippen MR) is 123 cm³/mol. The quantitative estimate of drug-likeness (QED) is 0.349. The maximum Gasteiger partial charge on any atom is 0.312 e. The summed E-state index contributed by atoms with van der Waals surface area (Å²) in [7, 11) is 0. The number of rotatable bonds is 7. The van der Waals surface area contributed by atoms with Crippen LogP contribution >= 0.6 is 0 Å². The Labute approximate surface area is 178 Å². The molecule has 1 aromatic carbocycles. The number of ether oxygens (including phenoxy) is 1. The van der Waals surface area contributed by atoms with Crippen LogP contribution in [0.5, 0.6) is 0 Å². The lowest BCUT2D eigenvalue weighted by Crippen LogP contribution is -2.34. The zero-order valence-electron chi connectivity index (χ0n) is 19.6. The Morgan fingerprint density at radius 3 is 2.41 bits per heavy atom. The topological polar surface area (TPSA) is 26.3 Å². The van der Waals surface area contributed by atoms with Crippen molar-refractivity contribution >= 4 is 5.97 Å². The van der Waals surface area contributed by atoms with Crippen molar-refractivity contribution in [2.45, 2.75) is 87.2 Å². The Morgan fingerprint density at radius 1 is 1.14 bits per heavy atom. The van der Waals surface area contributed by atoms with Crippen molar-refractivity contribution in [3.63, 3.8) is 0 Å². The van der Waals surface area contributed by atoms with Gasteiger partial charge in [0.1, 0.15) is 6.61 Å². The maximum absolute atomic E-state index is 12.9. The highest BCUT2D eigenvalue weighted by Gasteiger charge is 2.40. The second-order valence-electron chi connectivity index (χ2n) is 10.6. The molecule has 1 aliphatic carbocycles. The van der Waals surface area contributed by atoms with Crippen LogP contribution in [0.15, 0.2) is 53.6 Å². The van der Waals surface area contributed by atoms with Crippen LogP contribution < -0.4 is 0 Å². The van der Waals surface area contributed by atoms with Gasteiger partial charge in [0.15, 0.2) is 0 Å². The lowest BCUT2D eigenvalue weighted by molar-refractivity contribution is -0.157. The van der Waals surface area contributed by atoms with Crippen molar-refractivity contribution < 1.29 is 9.53 Å². The molecule has 1 atom stereocenters. The lowest BCUT2D eigenvalue weighted by Gasteiger charge is -2.38. The second-order valence-corrected chi connectivity index (χ2v) is 10.6.